The van der Waals surface area contributed by atoms with E-state index >= 15 is 0 Å². The highest BCUT2D eigenvalue weighted by atomic mass is 35.5. The molecule has 0 aliphatic carbocycles. The number of benzene rings is 3. The molecule has 5 nitrogen and oxygen atoms in total. The monoisotopic (exact) mass is 448 g/mol. The van der Waals surface area contributed by atoms with Gasteiger partial charge in [-0.25, -0.2) is 4.39 Å². The van der Waals surface area contributed by atoms with Gasteiger partial charge in [0.1, 0.15) is 5.82 Å². The lowest BCUT2D eigenvalue weighted by molar-refractivity contribution is 0.102. The third-order valence-corrected chi connectivity index (χ3v) is 4.69. The number of halogens is 3. The fraction of sp³-hybridized carbons (Fsp3) is 0. The molecule has 29 heavy (non-hydrogen) atoms. The third-order valence-electron chi connectivity index (χ3n) is 3.86. The van der Waals surface area contributed by atoms with E-state index < -0.39 is 11.7 Å². The zero-order valence-electron chi connectivity index (χ0n) is 14.8. The van der Waals surface area contributed by atoms with Crippen molar-refractivity contribution in [1.82, 2.24) is 0 Å². The highest BCUT2D eigenvalue weighted by Gasteiger charge is 2.11. The van der Waals surface area contributed by atoms with Gasteiger partial charge in [-0.05, 0) is 60.7 Å². The molecule has 0 saturated heterocycles. The number of carbonyl (C=O) groups excluding carboxylic acids is 1. The molecular formula is C20H15Cl2FN4OS. The Morgan fingerprint density at radius 1 is 0.862 bits per heavy atom. The second kappa shape index (κ2) is 9.09. The maximum Gasteiger partial charge on any atom is 0.258 e. The fourth-order valence-corrected chi connectivity index (χ4v) is 3.15. The lowest BCUT2D eigenvalue weighted by atomic mass is 10.2. The van der Waals surface area contributed by atoms with Gasteiger partial charge in [0.05, 0.1) is 21.3 Å². The van der Waals surface area contributed by atoms with Gasteiger partial charge in [0.25, 0.3) is 5.91 Å². The minimum Gasteiger partial charge on any atom is -0.396 e. The summed E-state index contributed by atoms with van der Waals surface area (Å²) in [5.74, 6) is -1.11. The quantitative estimate of drug-likeness (QED) is 0.300. The van der Waals surface area contributed by atoms with Gasteiger partial charge in [0.2, 0.25) is 0 Å². The average molecular weight is 449 g/mol. The maximum absolute atomic E-state index is 13.7. The largest absolute Gasteiger partial charge is 0.396 e. The van der Waals surface area contributed by atoms with Crippen LogP contribution in [0, 0.1) is 5.82 Å². The molecule has 0 spiro atoms. The predicted molar refractivity (Wildman–Crippen MR) is 122 cm³/mol. The Morgan fingerprint density at radius 2 is 1.38 bits per heavy atom. The Balaban J connectivity index is 1.61. The number of rotatable bonds is 4. The number of thiocarbonyl (C=S) groups is 1. The molecule has 3 aromatic rings. The van der Waals surface area contributed by atoms with Gasteiger partial charge in [0.15, 0.2) is 5.11 Å². The lowest BCUT2D eigenvalue weighted by Crippen LogP contribution is -2.19. The van der Waals surface area contributed by atoms with Crippen LogP contribution in [0.15, 0.2) is 60.7 Å². The van der Waals surface area contributed by atoms with Crippen LogP contribution in [0.3, 0.4) is 0 Å². The summed E-state index contributed by atoms with van der Waals surface area (Å²) in [6.45, 7) is 0. The number of nitrogen functional groups attached to an aromatic ring is 1. The molecule has 9 heteroatoms. The van der Waals surface area contributed by atoms with Gasteiger partial charge < -0.3 is 21.7 Å². The number of nitrogens with two attached hydrogens (primary N) is 1. The first-order valence-electron chi connectivity index (χ1n) is 8.32. The number of hydrogen-bond acceptors (Lipinski definition) is 3. The van der Waals surface area contributed by atoms with Gasteiger partial charge in [-0.2, -0.15) is 0 Å². The fourth-order valence-electron chi connectivity index (χ4n) is 2.43. The third kappa shape index (κ3) is 5.35. The van der Waals surface area contributed by atoms with Gasteiger partial charge in [-0.15, -0.1) is 0 Å². The summed E-state index contributed by atoms with van der Waals surface area (Å²) in [6, 6.07) is 15.8. The summed E-state index contributed by atoms with van der Waals surface area (Å²) < 4.78 is 13.7. The molecule has 148 valence electrons. The van der Waals surface area contributed by atoms with E-state index in [0.29, 0.717) is 37.9 Å². The van der Waals surface area contributed by atoms with E-state index in [1.807, 2.05) is 0 Å². The Hall–Kier alpha value is -2.87. The van der Waals surface area contributed by atoms with Gasteiger partial charge in [-0.1, -0.05) is 35.3 Å². The van der Waals surface area contributed by atoms with Crippen LogP contribution in [0.1, 0.15) is 10.4 Å². The minimum absolute atomic E-state index is 0.0269. The first-order chi connectivity index (χ1) is 13.8. The van der Waals surface area contributed by atoms with Crippen LogP contribution in [0.25, 0.3) is 0 Å². The Kier molecular flexibility index (Phi) is 6.53. The summed E-state index contributed by atoms with van der Waals surface area (Å²) in [5.41, 5.74) is 7.76. The van der Waals surface area contributed by atoms with E-state index in [9.17, 15) is 9.18 Å². The minimum atomic E-state index is -0.581. The van der Waals surface area contributed by atoms with Crippen LogP contribution >= 0.6 is 35.4 Å². The SMILES string of the molecule is Nc1c(Cl)cc(NC(=S)Nc2ccc(NC(=O)c3ccccc3F)cc2)cc1Cl. The highest BCUT2D eigenvalue weighted by molar-refractivity contribution is 7.80. The smallest absolute Gasteiger partial charge is 0.258 e. The zero-order valence-corrected chi connectivity index (χ0v) is 17.1. The number of hydrogen-bond donors (Lipinski definition) is 4. The van der Waals surface area contributed by atoms with Gasteiger partial charge >= 0.3 is 0 Å². The second-order valence-corrected chi connectivity index (χ2v) is 7.17. The molecule has 3 aromatic carbocycles. The first kappa shape index (κ1) is 20.9. The molecule has 0 fully saturated rings. The maximum atomic E-state index is 13.7. The molecule has 0 heterocycles. The molecular weight excluding hydrogens is 434 g/mol. The number of amides is 1. The molecule has 3 rings (SSSR count). The lowest BCUT2D eigenvalue weighted by Gasteiger charge is -2.13. The molecule has 1 amide bonds. The molecule has 0 bridgehead atoms. The van der Waals surface area contributed by atoms with E-state index in [-0.39, 0.29) is 5.56 Å². The summed E-state index contributed by atoms with van der Waals surface area (Å²) in [4.78, 5) is 12.2. The van der Waals surface area contributed by atoms with E-state index in [2.05, 4.69) is 16.0 Å². The summed E-state index contributed by atoms with van der Waals surface area (Å²) in [6.07, 6.45) is 0. The van der Waals surface area contributed by atoms with Crippen molar-refractivity contribution in [2.24, 2.45) is 0 Å². The summed E-state index contributed by atoms with van der Waals surface area (Å²) >= 11 is 17.3. The van der Waals surface area contributed by atoms with Crippen LogP contribution < -0.4 is 21.7 Å². The Morgan fingerprint density at radius 3 is 1.97 bits per heavy atom. The van der Waals surface area contributed by atoms with Crippen molar-refractivity contribution in [3.8, 4) is 0 Å². The van der Waals surface area contributed by atoms with Crippen molar-refractivity contribution in [1.29, 1.82) is 0 Å². The Bertz CT molecular complexity index is 1050. The van der Waals surface area contributed by atoms with Crippen LogP contribution in [-0.4, -0.2) is 11.0 Å². The van der Waals surface area contributed by atoms with E-state index in [1.165, 1.54) is 18.2 Å². The van der Waals surface area contributed by atoms with Crippen LogP contribution in [0.4, 0.5) is 27.1 Å². The van der Waals surface area contributed by atoms with Crippen molar-refractivity contribution in [3.05, 3.63) is 82.1 Å². The van der Waals surface area contributed by atoms with Crippen molar-refractivity contribution in [2.75, 3.05) is 21.7 Å². The van der Waals surface area contributed by atoms with Crippen molar-refractivity contribution in [2.45, 2.75) is 0 Å². The van der Waals surface area contributed by atoms with Gasteiger partial charge in [-0.3, -0.25) is 4.79 Å². The van der Waals surface area contributed by atoms with E-state index in [0.717, 1.165) is 0 Å². The topological polar surface area (TPSA) is 79.2 Å². The molecule has 0 radical (unpaired) electrons. The molecule has 0 saturated carbocycles. The van der Waals surface area contributed by atoms with Crippen LogP contribution in [0.2, 0.25) is 10.0 Å². The molecule has 0 aromatic heterocycles. The van der Waals surface area contributed by atoms with Crippen molar-refractivity contribution < 1.29 is 9.18 Å². The van der Waals surface area contributed by atoms with Gasteiger partial charge in [0, 0.05) is 17.1 Å². The number of anilines is 4. The van der Waals surface area contributed by atoms with E-state index in [4.69, 9.17) is 41.2 Å². The number of carbonyl (C=O) groups is 1. The molecule has 0 atom stereocenters. The van der Waals surface area contributed by atoms with Crippen LogP contribution in [0.5, 0.6) is 0 Å². The van der Waals surface area contributed by atoms with Crippen molar-refractivity contribution >= 4 is 69.2 Å². The average Bonchev–Trinajstić information content (AvgIpc) is 2.67. The van der Waals surface area contributed by atoms with Crippen LogP contribution in [-0.2, 0) is 0 Å². The molecule has 0 aliphatic heterocycles. The number of nitrogens with one attached hydrogen (secondary N) is 3. The van der Waals surface area contributed by atoms with Crippen molar-refractivity contribution in [3.63, 3.8) is 0 Å². The molecule has 0 unspecified atom stereocenters. The Labute approximate surface area is 182 Å². The predicted octanol–water partition coefficient (Wildman–Crippen LogP) is 5.78. The second-order valence-electron chi connectivity index (χ2n) is 5.94. The highest BCUT2D eigenvalue weighted by Crippen LogP contribution is 2.31. The van der Waals surface area contributed by atoms with E-state index in [1.54, 1.807) is 42.5 Å². The normalized spacial score (nSPS) is 10.3. The zero-order chi connectivity index (χ0) is 21.0. The summed E-state index contributed by atoms with van der Waals surface area (Å²) in [7, 11) is 0. The molecule has 5 N–H and O–H groups in total. The first-order valence-corrected chi connectivity index (χ1v) is 9.48. The summed E-state index contributed by atoms with van der Waals surface area (Å²) in [5, 5.41) is 9.54. The molecule has 0 aliphatic rings. The standard InChI is InChI=1S/C20H15Cl2FN4OS/c21-15-9-13(10-16(22)18(15)24)27-20(29)26-12-7-5-11(6-8-12)25-19(28)14-3-1-2-4-17(14)23/h1-10H,24H2,(H,25,28)(H2,26,27,29).